The molecule has 0 aliphatic rings. The molecule has 0 saturated heterocycles. The normalized spacial score (nSPS) is 11.9. The molecule has 0 unspecified atom stereocenters. The van der Waals surface area contributed by atoms with Crippen molar-refractivity contribution in [2.24, 2.45) is 0 Å². The minimum absolute atomic E-state index is 0.637. The Labute approximate surface area is 334 Å². The van der Waals surface area contributed by atoms with E-state index in [9.17, 15) is 0 Å². The molecule has 0 fully saturated rings. The Morgan fingerprint density at radius 3 is 1.65 bits per heavy atom. The molecule has 0 aliphatic carbocycles. The Hall–Kier alpha value is -7.06. The highest BCUT2D eigenvalue weighted by Crippen LogP contribution is 2.47. The minimum Gasteiger partial charge on any atom is -0.436 e. The molecule has 0 saturated carbocycles. The van der Waals surface area contributed by atoms with Crippen LogP contribution in [0.3, 0.4) is 0 Å². The molecule has 12 rings (SSSR count). The fraction of sp³-hybridized carbons (Fsp3) is 0. The summed E-state index contributed by atoms with van der Waals surface area (Å²) in [6, 6.07) is 59.1. The van der Waals surface area contributed by atoms with Crippen LogP contribution in [0.4, 0.5) is 0 Å². The van der Waals surface area contributed by atoms with E-state index in [2.05, 4.69) is 109 Å². The zero-order chi connectivity index (χ0) is 37.5. The lowest BCUT2D eigenvalue weighted by Gasteiger charge is -2.10. The molecule has 0 aliphatic heterocycles. The van der Waals surface area contributed by atoms with Crippen molar-refractivity contribution in [3.05, 3.63) is 170 Å². The molecule has 12 aromatic rings. The van der Waals surface area contributed by atoms with Crippen LogP contribution in [-0.4, -0.2) is 19.9 Å². The molecule has 5 nitrogen and oxygen atoms in total. The Bertz CT molecular complexity index is 3470. The van der Waals surface area contributed by atoms with Crippen molar-refractivity contribution in [1.82, 2.24) is 19.9 Å². The monoisotopic (exact) mass is 764 g/mol. The zero-order valence-corrected chi connectivity index (χ0v) is 31.8. The lowest BCUT2D eigenvalue weighted by molar-refractivity contribution is 0.621. The molecule has 0 N–H and O–H groups in total. The van der Waals surface area contributed by atoms with Gasteiger partial charge in [-0.25, -0.2) is 19.9 Å². The number of hydrogen-bond acceptors (Lipinski definition) is 7. The van der Waals surface area contributed by atoms with Crippen molar-refractivity contribution in [3.8, 4) is 56.7 Å². The molecule has 4 heterocycles. The van der Waals surface area contributed by atoms with Gasteiger partial charge in [0, 0.05) is 68.2 Å². The van der Waals surface area contributed by atoms with Gasteiger partial charge in [0.05, 0.1) is 0 Å². The number of rotatable bonds is 5. The molecule has 57 heavy (non-hydrogen) atoms. The first-order valence-electron chi connectivity index (χ1n) is 18.8. The quantitative estimate of drug-likeness (QED) is 0.175. The maximum absolute atomic E-state index is 6.78. The number of fused-ring (bicyclic) bond motifs is 9. The summed E-state index contributed by atoms with van der Waals surface area (Å²) in [6.07, 6.45) is 0. The van der Waals surface area contributed by atoms with Crippen LogP contribution in [0.2, 0.25) is 0 Å². The molecule has 0 atom stereocenters. The molecule has 7 heteroatoms. The van der Waals surface area contributed by atoms with Gasteiger partial charge in [-0.1, -0.05) is 127 Å². The maximum Gasteiger partial charge on any atom is 0.228 e. The third-order valence-corrected chi connectivity index (χ3v) is 13.1. The average Bonchev–Trinajstić information content (AvgIpc) is 4.00. The van der Waals surface area contributed by atoms with Crippen molar-refractivity contribution in [2.45, 2.75) is 0 Å². The van der Waals surface area contributed by atoms with Gasteiger partial charge in [0.15, 0.2) is 23.1 Å². The number of benzene rings is 8. The van der Waals surface area contributed by atoms with Crippen LogP contribution in [0.15, 0.2) is 174 Å². The van der Waals surface area contributed by atoms with Crippen molar-refractivity contribution < 1.29 is 4.42 Å². The summed E-state index contributed by atoms with van der Waals surface area (Å²) in [4.78, 5) is 20.1. The number of oxazole rings is 1. The van der Waals surface area contributed by atoms with E-state index in [4.69, 9.17) is 24.4 Å². The van der Waals surface area contributed by atoms with Crippen LogP contribution in [-0.2, 0) is 0 Å². The smallest absolute Gasteiger partial charge is 0.228 e. The molecular formula is C50H28N4OS2. The second-order valence-electron chi connectivity index (χ2n) is 14.2. The van der Waals surface area contributed by atoms with Crippen LogP contribution < -0.4 is 0 Å². The average molecular weight is 765 g/mol. The molecule has 8 aromatic carbocycles. The summed E-state index contributed by atoms with van der Waals surface area (Å²) in [5, 5.41) is 6.97. The van der Waals surface area contributed by atoms with Gasteiger partial charge < -0.3 is 4.42 Å². The van der Waals surface area contributed by atoms with Gasteiger partial charge in [0.2, 0.25) is 5.89 Å². The van der Waals surface area contributed by atoms with Crippen LogP contribution in [0, 0.1) is 0 Å². The summed E-state index contributed by atoms with van der Waals surface area (Å²) < 4.78 is 11.7. The molecule has 0 spiro atoms. The Kier molecular flexibility index (Phi) is 7.20. The van der Waals surface area contributed by atoms with Crippen LogP contribution in [0.5, 0.6) is 0 Å². The van der Waals surface area contributed by atoms with Gasteiger partial charge in [-0.15, -0.1) is 22.7 Å². The SMILES string of the molecule is c1ccc(-c2nc(-c3ccccc3)nc(-c3ccc4cc(-c5cc6oc(-c7cccc8sc9ccccc9c78)nc6c6c5sc5ccccc56)ccc4c3)n2)cc1. The van der Waals surface area contributed by atoms with Gasteiger partial charge >= 0.3 is 0 Å². The predicted molar refractivity (Wildman–Crippen MR) is 238 cm³/mol. The number of aromatic nitrogens is 4. The second kappa shape index (κ2) is 12.7. The first kappa shape index (κ1) is 32.2. The van der Waals surface area contributed by atoms with Crippen molar-refractivity contribution in [2.75, 3.05) is 0 Å². The van der Waals surface area contributed by atoms with E-state index in [0.29, 0.717) is 23.4 Å². The lowest BCUT2D eigenvalue weighted by Crippen LogP contribution is -2.00. The van der Waals surface area contributed by atoms with E-state index in [1.165, 1.54) is 35.0 Å². The van der Waals surface area contributed by atoms with Crippen molar-refractivity contribution in [3.63, 3.8) is 0 Å². The summed E-state index contributed by atoms with van der Waals surface area (Å²) in [5.41, 5.74) is 7.77. The Morgan fingerprint density at radius 2 is 0.947 bits per heavy atom. The second-order valence-corrected chi connectivity index (χ2v) is 16.3. The van der Waals surface area contributed by atoms with E-state index in [0.717, 1.165) is 60.6 Å². The standard InChI is InChI=1S/C50H28N4OS2/c1-3-12-29(13-4-1)47-52-48(30-14-5-2-6-15-30)54-49(53-47)34-25-23-31-26-33(24-22-32(31)27-34)38-28-39-45(44-36-17-8-10-20-41(36)57-46(38)44)51-50(55-39)37-18-11-21-42-43(37)35-16-7-9-19-40(35)56-42/h1-28H. The summed E-state index contributed by atoms with van der Waals surface area (Å²) in [7, 11) is 0. The van der Waals surface area contributed by atoms with Crippen LogP contribution in [0.1, 0.15) is 0 Å². The fourth-order valence-electron chi connectivity index (χ4n) is 8.05. The molecular weight excluding hydrogens is 737 g/mol. The Balaban J connectivity index is 1.01. The maximum atomic E-state index is 6.78. The van der Waals surface area contributed by atoms with Gasteiger partial charge in [-0.05, 0) is 58.8 Å². The number of thiophene rings is 2. The predicted octanol–water partition coefficient (Wildman–Crippen LogP) is 14.2. The van der Waals surface area contributed by atoms with E-state index >= 15 is 0 Å². The minimum atomic E-state index is 0.637. The summed E-state index contributed by atoms with van der Waals surface area (Å²) in [5.74, 6) is 2.57. The third-order valence-electron chi connectivity index (χ3n) is 10.7. The zero-order valence-electron chi connectivity index (χ0n) is 30.2. The highest BCUT2D eigenvalue weighted by Gasteiger charge is 2.22. The summed E-state index contributed by atoms with van der Waals surface area (Å²) in [6.45, 7) is 0. The molecule has 0 radical (unpaired) electrons. The highest BCUT2D eigenvalue weighted by molar-refractivity contribution is 7.26. The van der Waals surface area contributed by atoms with Gasteiger partial charge in [-0.3, -0.25) is 0 Å². The first-order chi connectivity index (χ1) is 28.2. The molecule has 266 valence electrons. The van der Waals surface area contributed by atoms with E-state index in [1.807, 2.05) is 72.0 Å². The summed E-state index contributed by atoms with van der Waals surface area (Å²) >= 11 is 3.62. The largest absolute Gasteiger partial charge is 0.436 e. The molecule has 0 amide bonds. The molecule has 4 aromatic heterocycles. The van der Waals surface area contributed by atoms with Crippen LogP contribution >= 0.6 is 22.7 Å². The van der Waals surface area contributed by atoms with Crippen molar-refractivity contribution >= 4 is 84.9 Å². The number of nitrogens with zero attached hydrogens (tertiary/aromatic N) is 4. The van der Waals surface area contributed by atoms with E-state index < -0.39 is 0 Å². The van der Waals surface area contributed by atoms with Gasteiger partial charge in [0.1, 0.15) is 5.52 Å². The van der Waals surface area contributed by atoms with Crippen molar-refractivity contribution in [1.29, 1.82) is 0 Å². The lowest BCUT2D eigenvalue weighted by atomic mass is 9.98. The van der Waals surface area contributed by atoms with Gasteiger partial charge in [-0.2, -0.15) is 0 Å². The topological polar surface area (TPSA) is 64.7 Å². The third kappa shape index (κ3) is 5.28. The first-order valence-corrected chi connectivity index (χ1v) is 20.4. The van der Waals surface area contributed by atoms with Crippen LogP contribution in [0.25, 0.3) is 119 Å². The highest BCUT2D eigenvalue weighted by atomic mass is 32.1. The van der Waals surface area contributed by atoms with Gasteiger partial charge in [0.25, 0.3) is 0 Å². The van der Waals surface area contributed by atoms with E-state index in [1.54, 1.807) is 11.3 Å². The number of hydrogen-bond donors (Lipinski definition) is 0. The fourth-order valence-corrected chi connectivity index (χ4v) is 10.4. The molecule has 0 bridgehead atoms. The Morgan fingerprint density at radius 1 is 0.386 bits per heavy atom. The van der Waals surface area contributed by atoms with E-state index in [-0.39, 0.29) is 0 Å².